The molecule has 1 fully saturated rings. The molecule has 2 bridgehead atoms. The molecular weight excluding hydrogens is 230 g/mol. The lowest BCUT2D eigenvalue weighted by molar-refractivity contribution is -0.165. The number of carbonyl (C=O) groups is 2. The van der Waals surface area contributed by atoms with E-state index in [4.69, 9.17) is 4.74 Å². The number of rotatable bonds is 4. The predicted octanol–water partition coefficient (Wildman–Crippen LogP) is 1.61. The molecule has 0 spiro atoms. The van der Waals surface area contributed by atoms with Gasteiger partial charge in [-0.05, 0) is 32.6 Å². The number of ether oxygens (including phenoxy) is 1. The maximum atomic E-state index is 12.7. The summed E-state index contributed by atoms with van der Waals surface area (Å²) in [7, 11) is 1.37. The van der Waals surface area contributed by atoms with E-state index in [-0.39, 0.29) is 17.8 Å². The molecule has 1 saturated carbocycles. The van der Waals surface area contributed by atoms with Gasteiger partial charge in [0.25, 0.3) is 0 Å². The number of amides is 1. The van der Waals surface area contributed by atoms with E-state index in [1.165, 1.54) is 7.11 Å². The second kappa shape index (κ2) is 4.75. The van der Waals surface area contributed by atoms with Crippen molar-refractivity contribution in [2.75, 3.05) is 20.2 Å². The highest BCUT2D eigenvalue weighted by molar-refractivity contribution is 6.04. The summed E-state index contributed by atoms with van der Waals surface area (Å²) in [6.45, 7) is 5.15. The van der Waals surface area contributed by atoms with Gasteiger partial charge in [0.15, 0.2) is 5.41 Å². The molecular formula is C14H21NO3. The monoisotopic (exact) mass is 251 g/mol. The average Bonchev–Trinajstić information content (AvgIpc) is 2.99. The Hall–Kier alpha value is -1.32. The highest BCUT2D eigenvalue weighted by Crippen LogP contribution is 2.53. The van der Waals surface area contributed by atoms with Crippen LogP contribution in [-0.4, -0.2) is 37.0 Å². The number of nitrogens with zero attached hydrogens (tertiary/aromatic N) is 1. The van der Waals surface area contributed by atoms with E-state index in [2.05, 4.69) is 6.08 Å². The van der Waals surface area contributed by atoms with E-state index in [1.807, 2.05) is 19.9 Å². The lowest BCUT2D eigenvalue weighted by Crippen LogP contribution is -2.51. The standard InChI is InChI=1S/C14H21NO3/c1-4-15(5-2)12(16)14(13(17)18-3)9-10-6-7-11(14)8-10/h6-7,10-11H,4-5,8-9H2,1-3H3/t10-,11+,14+/m1/s1. The van der Waals surface area contributed by atoms with Crippen LogP contribution in [0.5, 0.6) is 0 Å². The SMILES string of the molecule is CCN(CC)C(=O)[C@]1(C(=O)OC)C[C@@H]2C=C[C@H]1C2. The highest BCUT2D eigenvalue weighted by atomic mass is 16.5. The molecule has 0 aromatic heterocycles. The van der Waals surface area contributed by atoms with Gasteiger partial charge in [-0.1, -0.05) is 12.2 Å². The number of methoxy groups -OCH3 is 1. The molecule has 0 heterocycles. The fraction of sp³-hybridized carbons (Fsp3) is 0.714. The summed E-state index contributed by atoms with van der Waals surface area (Å²) in [4.78, 5) is 26.7. The van der Waals surface area contributed by atoms with Gasteiger partial charge in [-0.25, -0.2) is 0 Å². The van der Waals surface area contributed by atoms with Crippen LogP contribution in [0.4, 0.5) is 0 Å². The molecule has 0 aromatic carbocycles. The minimum absolute atomic E-state index is 0.0167. The topological polar surface area (TPSA) is 46.6 Å². The summed E-state index contributed by atoms with van der Waals surface area (Å²) in [5.41, 5.74) is -0.958. The van der Waals surface area contributed by atoms with Gasteiger partial charge in [-0.2, -0.15) is 0 Å². The van der Waals surface area contributed by atoms with Crippen molar-refractivity contribution in [3.63, 3.8) is 0 Å². The third-order valence-corrected chi connectivity index (χ3v) is 4.37. The zero-order valence-corrected chi connectivity index (χ0v) is 11.3. The van der Waals surface area contributed by atoms with E-state index < -0.39 is 5.41 Å². The minimum Gasteiger partial charge on any atom is -0.468 e. The van der Waals surface area contributed by atoms with Crippen molar-refractivity contribution in [2.45, 2.75) is 26.7 Å². The molecule has 100 valence electrons. The first-order valence-corrected chi connectivity index (χ1v) is 6.66. The van der Waals surface area contributed by atoms with Crippen LogP contribution < -0.4 is 0 Å². The first kappa shape index (κ1) is 13.1. The lowest BCUT2D eigenvalue weighted by atomic mass is 9.74. The maximum Gasteiger partial charge on any atom is 0.322 e. The molecule has 2 rings (SSSR count). The van der Waals surface area contributed by atoms with Crippen LogP contribution in [0.3, 0.4) is 0 Å². The second-order valence-electron chi connectivity index (χ2n) is 5.13. The first-order valence-electron chi connectivity index (χ1n) is 6.66. The van der Waals surface area contributed by atoms with Crippen LogP contribution in [0.2, 0.25) is 0 Å². The fourth-order valence-electron chi connectivity index (χ4n) is 3.40. The number of hydrogen-bond donors (Lipinski definition) is 0. The van der Waals surface area contributed by atoms with E-state index in [1.54, 1.807) is 4.90 Å². The van der Waals surface area contributed by atoms with Crippen LogP contribution in [0.25, 0.3) is 0 Å². The van der Waals surface area contributed by atoms with Crippen molar-refractivity contribution >= 4 is 11.9 Å². The Kier molecular flexibility index (Phi) is 3.46. The molecule has 1 amide bonds. The minimum atomic E-state index is -0.958. The first-order chi connectivity index (χ1) is 8.59. The molecule has 0 unspecified atom stereocenters. The lowest BCUT2D eigenvalue weighted by Gasteiger charge is -2.35. The quantitative estimate of drug-likeness (QED) is 0.433. The second-order valence-corrected chi connectivity index (χ2v) is 5.13. The van der Waals surface area contributed by atoms with E-state index in [9.17, 15) is 9.59 Å². The van der Waals surface area contributed by atoms with Crippen LogP contribution in [0.15, 0.2) is 12.2 Å². The Morgan fingerprint density at radius 1 is 1.33 bits per heavy atom. The Morgan fingerprint density at radius 2 is 2.00 bits per heavy atom. The molecule has 0 saturated heterocycles. The Balaban J connectivity index is 2.35. The molecule has 3 atom stereocenters. The van der Waals surface area contributed by atoms with Crippen molar-refractivity contribution in [3.05, 3.63) is 12.2 Å². The maximum absolute atomic E-state index is 12.7. The Morgan fingerprint density at radius 3 is 2.39 bits per heavy atom. The van der Waals surface area contributed by atoms with Crippen molar-refractivity contribution in [1.29, 1.82) is 0 Å². The van der Waals surface area contributed by atoms with Gasteiger partial charge >= 0.3 is 5.97 Å². The number of esters is 1. The van der Waals surface area contributed by atoms with Crippen LogP contribution in [0.1, 0.15) is 26.7 Å². The van der Waals surface area contributed by atoms with Gasteiger partial charge < -0.3 is 9.64 Å². The number of hydrogen-bond acceptors (Lipinski definition) is 3. The van der Waals surface area contributed by atoms with Crippen molar-refractivity contribution in [2.24, 2.45) is 17.3 Å². The Labute approximate surface area is 108 Å². The van der Waals surface area contributed by atoms with Gasteiger partial charge in [0, 0.05) is 19.0 Å². The summed E-state index contributed by atoms with van der Waals surface area (Å²) in [5.74, 6) is -0.0517. The highest BCUT2D eigenvalue weighted by Gasteiger charge is 2.60. The third-order valence-electron chi connectivity index (χ3n) is 4.37. The van der Waals surface area contributed by atoms with Gasteiger partial charge in [-0.15, -0.1) is 0 Å². The molecule has 0 aromatic rings. The van der Waals surface area contributed by atoms with E-state index >= 15 is 0 Å². The predicted molar refractivity (Wildman–Crippen MR) is 67.7 cm³/mol. The van der Waals surface area contributed by atoms with Crippen LogP contribution in [0, 0.1) is 17.3 Å². The van der Waals surface area contributed by atoms with Gasteiger partial charge in [0.05, 0.1) is 7.11 Å². The molecule has 2 aliphatic rings. The molecule has 2 aliphatic carbocycles. The molecule has 0 radical (unpaired) electrons. The van der Waals surface area contributed by atoms with Crippen LogP contribution in [-0.2, 0) is 14.3 Å². The number of carbonyl (C=O) groups excluding carboxylic acids is 2. The largest absolute Gasteiger partial charge is 0.468 e. The molecule has 4 heteroatoms. The molecule has 0 aliphatic heterocycles. The summed E-state index contributed by atoms with van der Waals surface area (Å²) in [6.07, 6.45) is 5.66. The van der Waals surface area contributed by atoms with Crippen molar-refractivity contribution < 1.29 is 14.3 Å². The number of fused-ring (bicyclic) bond motifs is 2. The van der Waals surface area contributed by atoms with Gasteiger partial charge in [0.2, 0.25) is 5.91 Å². The molecule has 18 heavy (non-hydrogen) atoms. The zero-order valence-electron chi connectivity index (χ0n) is 11.3. The smallest absolute Gasteiger partial charge is 0.322 e. The summed E-state index contributed by atoms with van der Waals surface area (Å²) >= 11 is 0. The summed E-state index contributed by atoms with van der Waals surface area (Å²) in [5, 5.41) is 0. The summed E-state index contributed by atoms with van der Waals surface area (Å²) in [6, 6.07) is 0. The Bertz CT molecular complexity index is 387. The number of allylic oxidation sites excluding steroid dienone is 2. The normalized spacial score (nSPS) is 32.6. The van der Waals surface area contributed by atoms with E-state index in [0.717, 1.165) is 6.42 Å². The molecule has 0 N–H and O–H groups in total. The van der Waals surface area contributed by atoms with Gasteiger partial charge in [0.1, 0.15) is 0 Å². The fourth-order valence-corrected chi connectivity index (χ4v) is 3.40. The molecule has 4 nitrogen and oxygen atoms in total. The van der Waals surface area contributed by atoms with E-state index in [0.29, 0.717) is 25.4 Å². The zero-order chi connectivity index (χ0) is 13.3. The van der Waals surface area contributed by atoms with Crippen LogP contribution >= 0.6 is 0 Å². The van der Waals surface area contributed by atoms with Crippen molar-refractivity contribution in [3.8, 4) is 0 Å². The third kappa shape index (κ3) is 1.66. The average molecular weight is 251 g/mol. The van der Waals surface area contributed by atoms with Crippen molar-refractivity contribution in [1.82, 2.24) is 4.90 Å². The summed E-state index contributed by atoms with van der Waals surface area (Å²) < 4.78 is 4.93. The van der Waals surface area contributed by atoms with Gasteiger partial charge in [-0.3, -0.25) is 9.59 Å².